The van der Waals surface area contributed by atoms with E-state index < -0.39 is 24.0 Å². The normalized spacial score (nSPS) is 12.9. The highest BCUT2D eigenvalue weighted by Crippen LogP contribution is 2.06. The van der Waals surface area contributed by atoms with Crippen molar-refractivity contribution in [3.05, 3.63) is 35.6 Å². The molecule has 0 radical (unpaired) electrons. The van der Waals surface area contributed by atoms with E-state index >= 15 is 0 Å². The third-order valence-corrected chi connectivity index (χ3v) is 2.96. The van der Waals surface area contributed by atoms with E-state index in [1.54, 1.807) is 0 Å². The molecule has 0 bridgehead atoms. The fraction of sp³-hybridized carbons (Fsp3) is 0.400. The summed E-state index contributed by atoms with van der Waals surface area (Å²) in [6.07, 6.45) is 0.180. The molecule has 6 nitrogen and oxygen atoms in total. The van der Waals surface area contributed by atoms with Gasteiger partial charge in [-0.2, -0.15) is 0 Å². The van der Waals surface area contributed by atoms with E-state index in [0.717, 1.165) is 0 Å². The van der Waals surface area contributed by atoms with E-state index in [4.69, 9.17) is 0 Å². The Kier molecular flexibility index (Phi) is 6.49. The Morgan fingerprint density at radius 1 is 1.18 bits per heavy atom. The first-order valence-electron chi connectivity index (χ1n) is 6.73. The van der Waals surface area contributed by atoms with Crippen LogP contribution in [-0.4, -0.2) is 37.0 Å². The standard InChI is InChI=1S/C15H19FN2O4/c1-9(15(21)22-3)17-14(20)13(18-10(2)19)8-11-4-6-12(16)7-5-11/h4-7,9,13H,8H2,1-3H3,(H,17,20)(H,18,19)/t9-,13+/m0/s1. The van der Waals surface area contributed by atoms with Crippen LogP contribution in [0.4, 0.5) is 4.39 Å². The maximum atomic E-state index is 12.9. The predicted molar refractivity (Wildman–Crippen MR) is 77.3 cm³/mol. The molecule has 1 rings (SSSR count). The van der Waals surface area contributed by atoms with Crippen molar-refractivity contribution in [2.75, 3.05) is 7.11 Å². The molecule has 0 aliphatic heterocycles. The second-order valence-electron chi connectivity index (χ2n) is 4.84. The average molecular weight is 310 g/mol. The lowest BCUT2D eigenvalue weighted by atomic mass is 10.0. The number of rotatable bonds is 6. The molecule has 2 N–H and O–H groups in total. The minimum absolute atomic E-state index is 0.180. The Balaban J connectivity index is 2.78. The molecule has 0 aliphatic rings. The predicted octanol–water partition coefficient (Wildman–Crippen LogP) is 0.551. The van der Waals surface area contributed by atoms with Crippen LogP contribution in [0.3, 0.4) is 0 Å². The minimum Gasteiger partial charge on any atom is -0.467 e. The SMILES string of the molecule is COC(=O)[C@H](C)NC(=O)[C@@H](Cc1ccc(F)cc1)NC(C)=O. The van der Waals surface area contributed by atoms with Gasteiger partial charge in [-0.15, -0.1) is 0 Å². The number of ether oxygens (including phenoxy) is 1. The van der Waals surface area contributed by atoms with E-state index in [9.17, 15) is 18.8 Å². The maximum Gasteiger partial charge on any atom is 0.328 e. The molecule has 1 aromatic rings. The van der Waals surface area contributed by atoms with Gasteiger partial charge in [0.25, 0.3) is 0 Å². The molecule has 1 aromatic carbocycles. The molecule has 22 heavy (non-hydrogen) atoms. The number of esters is 1. The van der Waals surface area contributed by atoms with E-state index in [0.29, 0.717) is 5.56 Å². The summed E-state index contributed by atoms with van der Waals surface area (Å²) in [4.78, 5) is 34.7. The van der Waals surface area contributed by atoms with Crippen LogP contribution in [0.15, 0.2) is 24.3 Å². The Morgan fingerprint density at radius 3 is 2.27 bits per heavy atom. The van der Waals surface area contributed by atoms with E-state index in [1.165, 1.54) is 45.2 Å². The van der Waals surface area contributed by atoms with Crippen LogP contribution in [-0.2, 0) is 25.5 Å². The first kappa shape index (κ1) is 17.6. The van der Waals surface area contributed by atoms with Crippen LogP contribution in [0.2, 0.25) is 0 Å². The number of carbonyl (C=O) groups excluding carboxylic acids is 3. The highest BCUT2D eigenvalue weighted by Gasteiger charge is 2.24. The number of hydrogen-bond donors (Lipinski definition) is 2. The van der Waals surface area contributed by atoms with Gasteiger partial charge < -0.3 is 15.4 Å². The van der Waals surface area contributed by atoms with Crippen molar-refractivity contribution < 1.29 is 23.5 Å². The highest BCUT2D eigenvalue weighted by atomic mass is 19.1. The van der Waals surface area contributed by atoms with Gasteiger partial charge in [0.05, 0.1) is 7.11 Å². The van der Waals surface area contributed by atoms with Crippen molar-refractivity contribution in [2.24, 2.45) is 0 Å². The molecule has 0 saturated carbocycles. The van der Waals surface area contributed by atoms with Crippen molar-refractivity contribution in [3.63, 3.8) is 0 Å². The zero-order chi connectivity index (χ0) is 16.7. The number of halogens is 1. The summed E-state index contributed by atoms with van der Waals surface area (Å²) in [5, 5.41) is 4.97. The molecule has 0 aliphatic carbocycles. The Hall–Kier alpha value is -2.44. The van der Waals surface area contributed by atoms with Crippen LogP contribution in [0, 0.1) is 5.82 Å². The number of amides is 2. The van der Waals surface area contributed by atoms with Gasteiger partial charge in [-0.05, 0) is 24.6 Å². The van der Waals surface area contributed by atoms with Gasteiger partial charge in [-0.25, -0.2) is 9.18 Å². The van der Waals surface area contributed by atoms with Crippen LogP contribution < -0.4 is 10.6 Å². The molecule has 120 valence electrons. The Labute approximate surface area is 128 Å². The number of benzene rings is 1. The van der Waals surface area contributed by atoms with Gasteiger partial charge >= 0.3 is 5.97 Å². The number of methoxy groups -OCH3 is 1. The monoisotopic (exact) mass is 310 g/mol. The van der Waals surface area contributed by atoms with Crippen molar-refractivity contribution >= 4 is 17.8 Å². The van der Waals surface area contributed by atoms with Gasteiger partial charge in [0.2, 0.25) is 11.8 Å². The van der Waals surface area contributed by atoms with Crippen molar-refractivity contribution in [3.8, 4) is 0 Å². The van der Waals surface area contributed by atoms with E-state index in [-0.39, 0.29) is 18.1 Å². The van der Waals surface area contributed by atoms with E-state index in [2.05, 4.69) is 15.4 Å². The largest absolute Gasteiger partial charge is 0.467 e. The molecular weight excluding hydrogens is 291 g/mol. The topological polar surface area (TPSA) is 84.5 Å². The average Bonchev–Trinajstić information content (AvgIpc) is 2.47. The van der Waals surface area contributed by atoms with Gasteiger partial charge in [0, 0.05) is 13.3 Å². The molecule has 0 fully saturated rings. The molecule has 0 aromatic heterocycles. The number of nitrogens with one attached hydrogen (secondary N) is 2. The highest BCUT2D eigenvalue weighted by molar-refractivity contribution is 5.90. The molecule has 0 heterocycles. The second-order valence-corrected chi connectivity index (χ2v) is 4.84. The Morgan fingerprint density at radius 2 is 1.77 bits per heavy atom. The summed E-state index contributed by atoms with van der Waals surface area (Å²) < 4.78 is 17.4. The van der Waals surface area contributed by atoms with E-state index in [1.807, 2.05) is 0 Å². The van der Waals surface area contributed by atoms with Crippen molar-refractivity contribution in [1.82, 2.24) is 10.6 Å². The summed E-state index contributed by atoms with van der Waals surface area (Å²) in [6, 6.07) is 3.91. The lowest BCUT2D eigenvalue weighted by molar-refractivity contribution is -0.144. The van der Waals surface area contributed by atoms with Crippen LogP contribution >= 0.6 is 0 Å². The fourth-order valence-corrected chi connectivity index (χ4v) is 1.86. The first-order valence-corrected chi connectivity index (χ1v) is 6.73. The van der Waals surface area contributed by atoms with Crippen LogP contribution in [0.5, 0.6) is 0 Å². The van der Waals surface area contributed by atoms with Crippen LogP contribution in [0.25, 0.3) is 0 Å². The summed E-state index contributed by atoms with van der Waals surface area (Å²) in [6.45, 7) is 2.77. The van der Waals surface area contributed by atoms with Gasteiger partial charge in [-0.3, -0.25) is 9.59 Å². The lowest BCUT2D eigenvalue weighted by Gasteiger charge is -2.20. The van der Waals surface area contributed by atoms with Gasteiger partial charge in [-0.1, -0.05) is 12.1 Å². The summed E-state index contributed by atoms with van der Waals surface area (Å²) in [7, 11) is 1.22. The van der Waals surface area contributed by atoms with Gasteiger partial charge in [0.15, 0.2) is 0 Å². The van der Waals surface area contributed by atoms with Crippen LogP contribution in [0.1, 0.15) is 19.4 Å². The third-order valence-electron chi connectivity index (χ3n) is 2.96. The summed E-state index contributed by atoms with van der Waals surface area (Å²) >= 11 is 0. The maximum absolute atomic E-state index is 12.9. The van der Waals surface area contributed by atoms with Gasteiger partial charge in [0.1, 0.15) is 17.9 Å². The molecule has 0 unspecified atom stereocenters. The summed E-state index contributed by atoms with van der Waals surface area (Å²) in [5.74, 6) is -1.87. The molecule has 2 amide bonds. The molecule has 7 heteroatoms. The second kappa shape index (κ2) is 8.11. The minimum atomic E-state index is -0.866. The smallest absolute Gasteiger partial charge is 0.328 e. The summed E-state index contributed by atoms with van der Waals surface area (Å²) in [5.41, 5.74) is 0.682. The third kappa shape index (κ3) is 5.51. The molecule has 2 atom stereocenters. The molecular formula is C15H19FN2O4. The fourth-order valence-electron chi connectivity index (χ4n) is 1.86. The number of carbonyl (C=O) groups is 3. The molecule has 0 saturated heterocycles. The lowest BCUT2D eigenvalue weighted by Crippen LogP contribution is -2.51. The zero-order valence-corrected chi connectivity index (χ0v) is 12.7. The molecule has 0 spiro atoms. The zero-order valence-electron chi connectivity index (χ0n) is 12.7. The van der Waals surface area contributed by atoms with Crippen molar-refractivity contribution in [2.45, 2.75) is 32.4 Å². The Bertz CT molecular complexity index is 545. The first-order chi connectivity index (χ1) is 10.3. The van der Waals surface area contributed by atoms with Crippen molar-refractivity contribution in [1.29, 1.82) is 0 Å². The quantitative estimate of drug-likeness (QED) is 0.752. The number of hydrogen-bond acceptors (Lipinski definition) is 4.